The average Bonchev–Trinajstić information content (AvgIpc) is 2.47. The number of anilines is 1. The Morgan fingerprint density at radius 1 is 1.55 bits per heavy atom. The first-order valence-electron chi connectivity index (χ1n) is 6.62. The summed E-state index contributed by atoms with van der Waals surface area (Å²) < 4.78 is 6.36. The number of hydrogen-bond acceptors (Lipinski definition) is 4. The van der Waals surface area contributed by atoms with Gasteiger partial charge in [0.05, 0.1) is 6.10 Å². The van der Waals surface area contributed by atoms with Gasteiger partial charge >= 0.3 is 0 Å². The molecule has 2 unspecified atom stereocenters. The Bertz CT molecular complexity index is 507. The first kappa shape index (κ1) is 15.1. The molecule has 20 heavy (non-hydrogen) atoms. The molecule has 1 aliphatic rings. The molecule has 0 saturated carbocycles. The number of nitrogens with two attached hydrogens (primary N) is 1. The van der Waals surface area contributed by atoms with Crippen molar-refractivity contribution in [3.05, 3.63) is 28.2 Å². The van der Waals surface area contributed by atoms with Crippen LogP contribution in [0, 0.1) is 5.92 Å². The third-order valence-corrected chi connectivity index (χ3v) is 4.55. The molecule has 110 valence electrons. The van der Waals surface area contributed by atoms with Crippen LogP contribution in [-0.4, -0.2) is 37.3 Å². The average molecular weight is 342 g/mol. The predicted molar refractivity (Wildman–Crippen MR) is 83.4 cm³/mol. The van der Waals surface area contributed by atoms with Crippen LogP contribution in [0.3, 0.4) is 0 Å². The lowest BCUT2D eigenvalue weighted by Crippen LogP contribution is -2.43. The van der Waals surface area contributed by atoms with Crippen molar-refractivity contribution in [2.75, 3.05) is 25.1 Å². The van der Waals surface area contributed by atoms with Gasteiger partial charge in [0.15, 0.2) is 5.84 Å². The monoisotopic (exact) mass is 341 g/mol. The Labute approximate surface area is 127 Å². The number of methoxy groups -OCH3 is 1. The third kappa shape index (κ3) is 3.07. The lowest BCUT2D eigenvalue weighted by atomic mass is 9.95. The normalized spacial score (nSPS) is 23.9. The maximum absolute atomic E-state index is 8.74. The molecule has 1 aromatic carbocycles. The summed E-state index contributed by atoms with van der Waals surface area (Å²) in [5.41, 5.74) is 7.42. The molecule has 0 spiro atoms. The van der Waals surface area contributed by atoms with Gasteiger partial charge in [-0.25, -0.2) is 0 Å². The van der Waals surface area contributed by atoms with Crippen LogP contribution >= 0.6 is 15.9 Å². The van der Waals surface area contributed by atoms with Crippen LogP contribution in [0.15, 0.2) is 27.8 Å². The highest BCUT2D eigenvalue weighted by Gasteiger charge is 2.26. The molecule has 1 aromatic rings. The van der Waals surface area contributed by atoms with Crippen LogP contribution in [0.1, 0.15) is 18.9 Å². The highest BCUT2D eigenvalue weighted by Crippen LogP contribution is 2.28. The molecule has 1 saturated heterocycles. The fourth-order valence-corrected chi connectivity index (χ4v) is 3.11. The van der Waals surface area contributed by atoms with Gasteiger partial charge in [-0.2, -0.15) is 0 Å². The number of nitrogens with zero attached hydrogens (tertiary/aromatic N) is 2. The number of amidine groups is 1. The molecular weight excluding hydrogens is 322 g/mol. The molecule has 2 rings (SSSR count). The van der Waals surface area contributed by atoms with Gasteiger partial charge in [-0.05, 0) is 46.5 Å². The predicted octanol–water partition coefficient (Wildman–Crippen LogP) is 2.40. The van der Waals surface area contributed by atoms with E-state index in [2.05, 4.69) is 32.9 Å². The van der Waals surface area contributed by atoms with E-state index in [1.165, 1.54) is 0 Å². The number of hydrogen-bond donors (Lipinski definition) is 2. The second kappa shape index (κ2) is 6.45. The van der Waals surface area contributed by atoms with Gasteiger partial charge in [0, 0.05) is 35.9 Å². The van der Waals surface area contributed by atoms with E-state index in [1.54, 1.807) is 7.11 Å². The van der Waals surface area contributed by atoms with Crippen molar-refractivity contribution < 1.29 is 9.94 Å². The van der Waals surface area contributed by atoms with Crippen molar-refractivity contribution in [2.24, 2.45) is 16.8 Å². The first-order chi connectivity index (χ1) is 9.56. The summed E-state index contributed by atoms with van der Waals surface area (Å²) in [5.74, 6) is 0.682. The number of ether oxygens (including phenoxy) is 1. The summed E-state index contributed by atoms with van der Waals surface area (Å²) in [7, 11) is 1.77. The number of oxime groups is 1. The molecule has 1 aliphatic heterocycles. The van der Waals surface area contributed by atoms with Gasteiger partial charge in [-0.3, -0.25) is 0 Å². The van der Waals surface area contributed by atoms with E-state index in [0.717, 1.165) is 29.7 Å². The third-order valence-electron chi connectivity index (χ3n) is 3.89. The molecule has 3 N–H and O–H groups in total. The maximum Gasteiger partial charge on any atom is 0.171 e. The Balaban J connectivity index is 2.20. The largest absolute Gasteiger partial charge is 0.409 e. The van der Waals surface area contributed by atoms with E-state index >= 15 is 0 Å². The Kier molecular flexibility index (Phi) is 4.88. The molecule has 1 heterocycles. The quantitative estimate of drug-likeness (QED) is 0.383. The van der Waals surface area contributed by atoms with Gasteiger partial charge < -0.3 is 20.6 Å². The lowest BCUT2D eigenvalue weighted by Gasteiger charge is -2.37. The Hall–Kier alpha value is -1.27. The summed E-state index contributed by atoms with van der Waals surface area (Å²) in [6, 6.07) is 5.84. The summed E-state index contributed by atoms with van der Waals surface area (Å²) in [6.45, 7) is 4.12. The van der Waals surface area contributed by atoms with E-state index in [9.17, 15) is 0 Å². The van der Waals surface area contributed by atoms with E-state index < -0.39 is 0 Å². The topological polar surface area (TPSA) is 71.1 Å². The zero-order valence-corrected chi connectivity index (χ0v) is 13.3. The highest BCUT2D eigenvalue weighted by molar-refractivity contribution is 9.10. The van der Waals surface area contributed by atoms with Crippen molar-refractivity contribution in [3.63, 3.8) is 0 Å². The molecule has 2 atom stereocenters. The molecule has 5 nitrogen and oxygen atoms in total. The summed E-state index contributed by atoms with van der Waals surface area (Å²) in [6.07, 6.45) is 1.37. The second-order valence-electron chi connectivity index (χ2n) is 5.14. The SMILES string of the molecule is COC1CN(c2ccc(/C(N)=N/O)c(Br)c2)CCC1C. The van der Waals surface area contributed by atoms with Gasteiger partial charge in [0.2, 0.25) is 0 Å². The van der Waals surface area contributed by atoms with Gasteiger partial charge in [-0.1, -0.05) is 12.1 Å². The first-order valence-corrected chi connectivity index (χ1v) is 7.41. The van der Waals surface area contributed by atoms with E-state index in [4.69, 9.17) is 15.7 Å². The molecular formula is C14H20BrN3O2. The fraction of sp³-hybridized carbons (Fsp3) is 0.500. The Morgan fingerprint density at radius 3 is 2.90 bits per heavy atom. The van der Waals surface area contributed by atoms with Crippen molar-refractivity contribution in [1.29, 1.82) is 0 Å². The van der Waals surface area contributed by atoms with Crippen molar-refractivity contribution in [3.8, 4) is 0 Å². The molecule has 0 bridgehead atoms. The zero-order chi connectivity index (χ0) is 14.7. The number of piperidine rings is 1. The van der Waals surface area contributed by atoms with Gasteiger partial charge in [-0.15, -0.1) is 0 Å². The zero-order valence-electron chi connectivity index (χ0n) is 11.7. The number of rotatable bonds is 3. The van der Waals surface area contributed by atoms with E-state index in [1.807, 2.05) is 18.2 Å². The highest BCUT2D eigenvalue weighted by atomic mass is 79.9. The minimum absolute atomic E-state index is 0.102. The maximum atomic E-state index is 8.74. The van der Waals surface area contributed by atoms with Crippen LogP contribution in [0.4, 0.5) is 5.69 Å². The van der Waals surface area contributed by atoms with Crippen LogP contribution in [0.25, 0.3) is 0 Å². The minimum Gasteiger partial charge on any atom is -0.409 e. The van der Waals surface area contributed by atoms with Crippen LogP contribution in [0.5, 0.6) is 0 Å². The molecule has 0 aliphatic carbocycles. The number of benzene rings is 1. The smallest absolute Gasteiger partial charge is 0.171 e. The summed E-state index contributed by atoms with van der Waals surface area (Å²) in [4.78, 5) is 2.30. The van der Waals surface area contributed by atoms with Crippen LogP contribution < -0.4 is 10.6 Å². The van der Waals surface area contributed by atoms with E-state index in [-0.39, 0.29) is 11.9 Å². The van der Waals surface area contributed by atoms with Crippen LogP contribution in [-0.2, 0) is 4.74 Å². The molecule has 1 fully saturated rings. The minimum atomic E-state index is 0.102. The van der Waals surface area contributed by atoms with Crippen molar-refractivity contribution in [1.82, 2.24) is 0 Å². The molecule has 0 aromatic heterocycles. The lowest BCUT2D eigenvalue weighted by molar-refractivity contribution is 0.0498. The van der Waals surface area contributed by atoms with Crippen molar-refractivity contribution in [2.45, 2.75) is 19.4 Å². The van der Waals surface area contributed by atoms with Gasteiger partial charge in [0.25, 0.3) is 0 Å². The fourth-order valence-electron chi connectivity index (χ4n) is 2.54. The second-order valence-corrected chi connectivity index (χ2v) is 5.99. The van der Waals surface area contributed by atoms with Crippen LogP contribution in [0.2, 0.25) is 0 Å². The molecule has 6 heteroatoms. The Morgan fingerprint density at radius 2 is 2.30 bits per heavy atom. The van der Waals surface area contributed by atoms with Crippen molar-refractivity contribution >= 4 is 27.5 Å². The van der Waals surface area contributed by atoms with Gasteiger partial charge in [0.1, 0.15) is 0 Å². The standard InChI is InChI=1S/C14H20BrN3O2/c1-9-5-6-18(8-13(9)20-2)10-3-4-11(12(15)7-10)14(16)17-19/h3-4,7,9,13,19H,5-6,8H2,1-2H3,(H2,16,17). The van der Waals surface area contributed by atoms with E-state index in [0.29, 0.717) is 11.5 Å². The number of halogens is 1. The molecule has 0 radical (unpaired) electrons. The summed E-state index contributed by atoms with van der Waals surface area (Å²) >= 11 is 3.47. The molecule has 0 amide bonds. The summed E-state index contributed by atoms with van der Waals surface area (Å²) in [5, 5.41) is 11.8.